The molecular weight excluding hydrogens is 378 g/mol. The molecule has 0 saturated carbocycles. The molecule has 1 N–H and O–H groups in total. The number of amides is 1. The van der Waals surface area contributed by atoms with E-state index in [1.807, 2.05) is 67.8 Å². The number of rotatable bonds is 3. The molecule has 30 heavy (non-hydrogen) atoms. The van der Waals surface area contributed by atoms with Gasteiger partial charge in [-0.15, -0.1) is 0 Å². The second kappa shape index (κ2) is 7.31. The summed E-state index contributed by atoms with van der Waals surface area (Å²) >= 11 is 0. The zero-order valence-electron chi connectivity index (χ0n) is 18.2. The van der Waals surface area contributed by atoms with E-state index >= 15 is 0 Å². The Bertz CT molecular complexity index is 1070. The van der Waals surface area contributed by atoms with Crippen molar-refractivity contribution in [2.24, 2.45) is 5.41 Å². The summed E-state index contributed by atoms with van der Waals surface area (Å²) in [6.45, 7) is 11.2. The van der Waals surface area contributed by atoms with Crippen LogP contribution in [0.4, 0.5) is 10.6 Å². The van der Waals surface area contributed by atoms with E-state index in [4.69, 9.17) is 9.72 Å². The molecule has 0 aliphatic carbocycles. The fourth-order valence-electron chi connectivity index (χ4n) is 3.80. The van der Waals surface area contributed by atoms with Crippen LogP contribution in [0.2, 0.25) is 0 Å². The van der Waals surface area contributed by atoms with Gasteiger partial charge in [-0.25, -0.2) is 14.8 Å². The Balaban J connectivity index is 1.53. The number of nitrogens with zero attached hydrogens (tertiary/aromatic N) is 4. The number of aromatic nitrogens is 3. The third kappa shape index (κ3) is 4.10. The number of hydrogen-bond acceptors (Lipinski definition) is 5. The van der Waals surface area contributed by atoms with Gasteiger partial charge in [0.2, 0.25) is 0 Å². The first kappa shape index (κ1) is 20.2. The van der Waals surface area contributed by atoms with Gasteiger partial charge in [0, 0.05) is 18.5 Å². The maximum Gasteiger partial charge on any atom is 0.410 e. The monoisotopic (exact) mass is 407 g/mol. The summed E-state index contributed by atoms with van der Waals surface area (Å²) in [7, 11) is 0. The molecule has 3 aromatic rings. The smallest absolute Gasteiger partial charge is 0.410 e. The number of benzene rings is 1. The van der Waals surface area contributed by atoms with Crippen molar-refractivity contribution in [3.63, 3.8) is 0 Å². The standard InChI is InChI=1S/C23H29N5O2/c1-22(2,3)30-21(29)27-13-18(23(4,5)14-27)25-19-11-8-12-20(26-19)28-15-24-16-9-6-7-10-17(16)28/h6-12,15,18H,13-14H2,1-5H3,(H,25,26). The molecule has 1 saturated heterocycles. The normalized spacial score (nSPS) is 18.6. The molecule has 1 atom stereocenters. The number of fused-ring (bicyclic) bond motifs is 1. The zero-order chi connectivity index (χ0) is 21.5. The van der Waals surface area contributed by atoms with Crippen molar-refractivity contribution in [2.45, 2.75) is 46.3 Å². The molecule has 7 heteroatoms. The number of para-hydroxylation sites is 2. The van der Waals surface area contributed by atoms with Crippen LogP contribution in [0, 0.1) is 5.41 Å². The summed E-state index contributed by atoms with van der Waals surface area (Å²) in [5, 5.41) is 3.53. The average Bonchev–Trinajstić information content (AvgIpc) is 3.22. The van der Waals surface area contributed by atoms with E-state index < -0.39 is 5.60 Å². The van der Waals surface area contributed by atoms with Gasteiger partial charge in [0.05, 0.1) is 17.1 Å². The van der Waals surface area contributed by atoms with Gasteiger partial charge in [0.15, 0.2) is 0 Å². The molecule has 2 aromatic heterocycles. The minimum Gasteiger partial charge on any atom is -0.444 e. The van der Waals surface area contributed by atoms with Crippen molar-refractivity contribution in [3.8, 4) is 5.82 Å². The SMILES string of the molecule is CC(C)(C)OC(=O)N1CC(Nc2cccc(-n3cnc4ccccc43)n2)C(C)(C)C1. The maximum absolute atomic E-state index is 12.5. The third-order valence-electron chi connectivity index (χ3n) is 5.35. The lowest BCUT2D eigenvalue weighted by Crippen LogP contribution is -2.36. The fraction of sp³-hybridized carbons (Fsp3) is 0.435. The van der Waals surface area contributed by atoms with Crippen LogP contribution in [0.3, 0.4) is 0 Å². The predicted octanol–water partition coefficient (Wildman–Crippen LogP) is 4.48. The van der Waals surface area contributed by atoms with Gasteiger partial charge in [-0.1, -0.05) is 32.0 Å². The van der Waals surface area contributed by atoms with Gasteiger partial charge >= 0.3 is 6.09 Å². The van der Waals surface area contributed by atoms with E-state index in [1.54, 1.807) is 11.2 Å². The first-order valence-corrected chi connectivity index (χ1v) is 10.3. The number of pyridine rings is 1. The Morgan fingerprint density at radius 2 is 1.93 bits per heavy atom. The van der Waals surface area contributed by atoms with E-state index in [1.165, 1.54) is 0 Å². The fourth-order valence-corrected chi connectivity index (χ4v) is 3.80. The predicted molar refractivity (Wildman–Crippen MR) is 118 cm³/mol. The second-order valence-electron chi connectivity index (χ2n) is 9.53. The summed E-state index contributed by atoms with van der Waals surface area (Å²) < 4.78 is 7.54. The second-order valence-corrected chi connectivity index (χ2v) is 9.53. The Morgan fingerprint density at radius 3 is 2.70 bits per heavy atom. The zero-order valence-corrected chi connectivity index (χ0v) is 18.2. The van der Waals surface area contributed by atoms with Crippen molar-refractivity contribution in [2.75, 3.05) is 18.4 Å². The van der Waals surface area contributed by atoms with Crippen LogP contribution < -0.4 is 5.32 Å². The molecule has 158 valence electrons. The highest BCUT2D eigenvalue weighted by Gasteiger charge is 2.42. The average molecular weight is 408 g/mol. The minimum atomic E-state index is -0.504. The number of carbonyl (C=O) groups is 1. The topological polar surface area (TPSA) is 72.3 Å². The number of imidazole rings is 1. The third-order valence-corrected chi connectivity index (χ3v) is 5.35. The summed E-state index contributed by atoms with van der Waals surface area (Å²) in [6, 6.07) is 13.9. The first-order chi connectivity index (χ1) is 14.1. The quantitative estimate of drug-likeness (QED) is 0.693. The highest BCUT2D eigenvalue weighted by atomic mass is 16.6. The molecule has 1 aliphatic heterocycles. The van der Waals surface area contributed by atoms with Crippen molar-refractivity contribution in [1.29, 1.82) is 0 Å². The van der Waals surface area contributed by atoms with Gasteiger partial charge in [-0.05, 0) is 45.0 Å². The highest BCUT2D eigenvalue weighted by Crippen LogP contribution is 2.33. The maximum atomic E-state index is 12.5. The van der Waals surface area contributed by atoms with Crippen molar-refractivity contribution in [3.05, 3.63) is 48.8 Å². The first-order valence-electron chi connectivity index (χ1n) is 10.3. The van der Waals surface area contributed by atoms with Crippen LogP contribution in [0.1, 0.15) is 34.6 Å². The molecule has 1 unspecified atom stereocenters. The Morgan fingerprint density at radius 1 is 1.17 bits per heavy atom. The summed E-state index contributed by atoms with van der Waals surface area (Å²) in [5.41, 5.74) is 1.33. The molecular formula is C23H29N5O2. The molecule has 0 bridgehead atoms. The highest BCUT2D eigenvalue weighted by molar-refractivity contribution is 5.76. The lowest BCUT2D eigenvalue weighted by atomic mass is 9.88. The van der Waals surface area contributed by atoms with Gasteiger partial charge in [-0.2, -0.15) is 0 Å². The largest absolute Gasteiger partial charge is 0.444 e. The van der Waals surface area contributed by atoms with Gasteiger partial charge in [0.25, 0.3) is 0 Å². The summed E-state index contributed by atoms with van der Waals surface area (Å²) in [5.74, 6) is 1.57. The van der Waals surface area contributed by atoms with E-state index in [0.29, 0.717) is 13.1 Å². The molecule has 1 aromatic carbocycles. The molecule has 1 fully saturated rings. The van der Waals surface area contributed by atoms with Gasteiger partial charge < -0.3 is 15.0 Å². The number of carbonyl (C=O) groups excluding carboxylic acids is 1. The van der Waals surface area contributed by atoms with Crippen LogP contribution in [-0.2, 0) is 4.74 Å². The Kier molecular flexibility index (Phi) is 4.92. The number of ether oxygens (including phenoxy) is 1. The van der Waals surface area contributed by atoms with E-state index in [-0.39, 0.29) is 17.6 Å². The van der Waals surface area contributed by atoms with Crippen LogP contribution in [0.25, 0.3) is 16.9 Å². The summed E-state index contributed by atoms with van der Waals surface area (Å²) in [6.07, 6.45) is 1.52. The lowest BCUT2D eigenvalue weighted by molar-refractivity contribution is 0.0278. The Labute approximate surface area is 177 Å². The van der Waals surface area contributed by atoms with Gasteiger partial charge in [-0.3, -0.25) is 4.57 Å². The molecule has 4 rings (SSSR count). The molecule has 0 radical (unpaired) electrons. The number of hydrogen-bond donors (Lipinski definition) is 1. The molecule has 3 heterocycles. The molecule has 0 spiro atoms. The van der Waals surface area contributed by atoms with Crippen LogP contribution >= 0.6 is 0 Å². The lowest BCUT2D eigenvalue weighted by Gasteiger charge is -2.26. The van der Waals surface area contributed by atoms with Crippen LogP contribution in [0.5, 0.6) is 0 Å². The van der Waals surface area contributed by atoms with Crippen LogP contribution in [-0.4, -0.2) is 50.3 Å². The molecule has 7 nitrogen and oxygen atoms in total. The number of anilines is 1. The number of nitrogens with one attached hydrogen (secondary N) is 1. The Hall–Kier alpha value is -3.09. The van der Waals surface area contributed by atoms with Crippen molar-refractivity contribution >= 4 is 22.9 Å². The van der Waals surface area contributed by atoms with E-state index in [2.05, 4.69) is 24.1 Å². The van der Waals surface area contributed by atoms with Crippen molar-refractivity contribution in [1.82, 2.24) is 19.4 Å². The minimum absolute atomic E-state index is 0.0623. The van der Waals surface area contributed by atoms with E-state index in [9.17, 15) is 4.79 Å². The number of likely N-dealkylation sites (tertiary alicyclic amines) is 1. The van der Waals surface area contributed by atoms with Crippen molar-refractivity contribution < 1.29 is 9.53 Å². The van der Waals surface area contributed by atoms with E-state index in [0.717, 1.165) is 22.7 Å². The van der Waals surface area contributed by atoms with Gasteiger partial charge in [0.1, 0.15) is 23.6 Å². The summed E-state index contributed by atoms with van der Waals surface area (Å²) in [4.78, 5) is 23.6. The van der Waals surface area contributed by atoms with Crippen LogP contribution in [0.15, 0.2) is 48.8 Å². The molecule has 1 amide bonds. The molecule has 1 aliphatic rings.